The maximum Gasteiger partial charge on any atom is 0.337 e. The monoisotopic (exact) mass is 376 g/mol. The van der Waals surface area contributed by atoms with Gasteiger partial charge in [0, 0.05) is 12.1 Å². The maximum absolute atomic E-state index is 12.4. The summed E-state index contributed by atoms with van der Waals surface area (Å²) in [4.78, 5) is 24.0. The minimum Gasteiger partial charge on any atom is -0.489 e. The fourth-order valence-corrected chi connectivity index (χ4v) is 2.83. The van der Waals surface area contributed by atoms with Gasteiger partial charge < -0.3 is 18.6 Å². The lowest BCUT2D eigenvalue weighted by Crippen LogP contribution is -2.03. The van der Waals surface area contributed by atoms with Gasteiger partial charge in [-0.2, -0.15) is 0 Å². The SMILES string of the molecule is COC(=O)c1cccc(COc2ccc3c(c2)OC(=Cc2ccco2)C3=O)c1. The van der Waals surface area contributed by atoms with Crippen LogP contribution in [0.3, 0.4) is 0 Å². The standard InChI is InChI=1S/C22H16O6/c1-25-22(24)15-5-2-4-14(10-15)13-27-17-7-8-18-19(11-17)28-20(21(18)23)12-16-6-3-9-26-16/h2-12H,13H2,1H3. The molecule has 0 bridgehead atoms. The summed E-state index contributed by atoms with van der Waals surface area (Å²) in [6.07, 6.45) is 3.08. The fraction of sp³-hybridized carbons (Fsp3) is 0.0909. The third-order valence-electron chi connectivity index (χ3n) is 4.21. The average Bonchev–Trinajstić information content (AvgIpc) is 3.34. The molecule has 6 heteroatoms. The molecule has 4 rings (SSSR count). The van der Waals surface area contributed by atoms with Crippen molar-refractivity contribution in [1.29, 1.82) is 0 Å². The minimum absolute atomic E-state index is 0.202. The highest BCUT2D eigenvalue weighted by Crippen LogP contribution is 2.35. The van der Waals surface area contributed by atoms with E-state index < -0.39 is 5.97 Å². The van der Waals surface area contributed by atoms with Crippen molar-refractivity contribution in [3.63, 3.8) is 0 Å². The van der Waals surface area contributed by atoms with Crippen LogP contribution in [0, 0.1) is 0 Å². The Morgan fingerprint density at radius 3 is 2.79 bits per heavy atom. The number of methoxy groups -OCH3 is 1. The summed E-state index contributed by atoms with van der Waals surface area (Å²) in [6, 6.07) is 15.5. The van der Waals surface area contributed by atoms with Gasteiger partial charge in [0.2, 0.25) is 5.78 Å². The zero-order chi connectivity index (χ0) is 19.5. The second-order valence-electron chi connectivity index (χ2n) is 6.09. The van der Waals surface area contributed by atoms with E-state index in [4.69, 9.17) is 18.6 Å². The van der Waals surface area contributed by atoms with Crippen LogP contribution >= 0.6 is 0 Å². The van der Waals surface area contributed by atoms with Crippen LogP contribution in [0.15, 0.2) is 71.0 Å². The van der Waals surface area contributed by atoms with Crippen molar-refractivity contribution in [3.05, 3.63) is 89.1 Å². The van der Waals surface area contributed by atoms with Gasteiger partial charge >= 0.3 is 5.97 Å². The molecule has 28 heavy (non-hydrogen) atoms. The van der Waals surface area contributed by atoms with Gasteiger partial charge in [0.15, 0.2) is 5.76 Å². The molecule has 1 aliphatic heterocycles. The Labute approximate surface area is 160 Å². The second kappa shape index (κ2) is 7.44. The number of fused-ring (bicyclic) bond motifs is 1. The van der Waals surface area contributed by atoms with Gasteiger partial charge in [-0.3, -0.25) is 4.79 Å². The highest BCUT2D eigenvalue weighted by Gasteiger charge is 2.28. The van der Waals surface area contributed by atoms with Crippen molar-refractivity contribution >= 4 is 17.8 Å². The molecule has 0 unspecified atom stereocenters. The topological polar surface area (TPSA) is 75.0 Å². The van der Waals surface area contributed by atoms with E-state index >= 15 is 0 Å². The lowest BCUT2D eigenvalue weighted by molar-refractivity contribution is 0.0600. The summed E-state index contributed by atoms with van der Waals surface area (Å²) in [5.41, 5.74) is 1.75. The van der Waals surface area contributed by atoms with Crippen molar-refractivity contribution in [3.8, 4) is 11.5 Å². The second-order valence-corrected chi connectivity index (χ2v) is 6.09. The van der Waals surface area contributed by atoms with E-state index in [1.54, 1.807) is 54.6 Å². The zero-order valence-electron chi connectivity index (χ0n) is 15.0. The smallest absolute Gasteiger partial charge is 0.337 e. The molecule has 3 aromatic rings. The number of esters is 1. The van der Waals surface area contributed by atoms with Gasteiger partial charge in [-0.25, -0.2) is 4.79 Å². The van der Waals surface area contributed by atoms with E-state index in [0.717, 1.165) is 5.56 Å². The Hall–Kier alpha value is -3.80. The summed E-state index contributed by atoms with van der Waals surface area (Å²) in [7, 11) is 1.34. The number of allylic oxidation sites excluding steroid dienone is 1. The first kappa shape index (κ1) is 17.6. The fourth-order valence-electron chi connectivity index (χ4n) is 2.83. The number of benzene rings is 2. The molecule has 140 valence electrons. The van der Waals surface area contributed by atoms with Crippen molar-refractivity contribution < 1.29 is 28.2 Å². The summed E-state index contributed by atoms with van der Waals surface area (Å²) in [5.74, 6) is 1.12. The van der Waals surface area contributed by atoms with Crippen molar-refractivity contribution in [2.75, 3.05) is 7.11 Å². The molecular formula is C22H16O6. The van der Waals surface area contributed by atoms with E-state index in [-0.39, 0.29) is 18.1 Å². The molecule has 0 radical (unpaired) electrons. The molecular weight excluding hydrogens is 360 g/mol. The predicted octanol–water partition coefficient (Wildman–Crippen LogP) is 4.26. The van der Waals surface area contributed by atoms with E-state index in [9.17, 15) is 9.59 Å². The lowest BCUT2D eigenvalue weighted by atomic mass is 10.1. The largest absolute Gasteiger partial charge is 0.489 e. The average molecular weight is 376 g/mol. The quantitative estimate of drug-likeness (QED) is 0.489. The molecule has 0 atom stereocenters. The first-order valence-electron chi connectivity index (χ1n) is 8.56. The molecule has 1 aliphatic rings. The maximum atomic E-state index is 12.4. The van der Waals surface area contributed by atoms with Crippen molar-refractivity contribution in [1.82, 2.24) is 0 Å². The number of Topliss-reactive ketones (excluding diaryl/α,β-unsaturated/α-hetero) is 1. The van der Waals surface area contributed by atoms with Crippen LogP contribution in [-0.2, 0) is 11.3 Å². The van der Waals surface area contributed by atoms with Crippen molar-refractivity contribution in [2.45, 2.75) is 6.61 Å². The molecule has 0 amide bonds. The van der Waals surface area contributed by atoms with E-state index in [1.807, 2.05) is 6.07 Å². The zero-order valence-corrected chi connectivity index (χ0v) is 15.0. The van der Waals surface area contributed by atoms with Crippen LogP contribution in [0.5, 0.6) is 11.5 Å². The van der Waals surface area contributed by atoms with Gasteiger partial charge in [-0.1, -0.05) is 12.1 Å². The number of carbonyl (C=O) groups excluding carboxylic acids is 2. The Bertz CT molecular complexity index is 1060. The van der Waals surface area contributed by atoms with Crippen LogP contribution < -0.4 is 9.47 Å². The Kier molecular flexibility index (Phi) is 4.68. The van der Waals surface area contributed by atoms with Gasteiger partial charge in [0.05, 0.1) is 24.5 Å². The highest BCUT2D eigenvalue weighted by atomic mass is 16.5. The number of hydrogen-bond acceptors (Lipinski definition) is 6. The third kappa shape index (κ3) is 3.53. The Balaban J connectivity index is 1.48. The highest BCUT2D eigenvalue weighted by molar-refractivity contribution is 6.14. The summed E-state index contributed by atoms with van der Waals surface area (Å²) < 4.78 is 21.4. The number of carbonyl (C=O) groups is 2. The molecule has 0 saturated heterocycles. The molecule has 0 spiro atoms. The summed E-state index contributed by atoms with van der Waals surface area (Å²) in [5, 5.41) is 0. The van der Waals surface area contributed by atoms with E-state index in [2.05, 4.69) is 0 Å². The van der Waals surface area contributed by atoms with Crippen LogP contribution in [-0.4, -0.2) is 18.9 Å². The number of hydrogen-bond donors (Lipinski definition) is 0. The number of furan rings is 1. The first-order chi connectivity index (χ1) is 13.6. The summed E-state index contributed by atoms with van der Waals surface area (Å²) in [6.45, 7) is 0.257. The van der Waals surface area contributed by atoms with Crippen LogP contribution in [0.4, 0.5) is 0 Å². The van der Waals surface area contributed by atoms with E-state index in [0.29, 0.717) is 28.4 Å². The van der Waals surface area contributed by atoms with Gasteiger partial charge in [-0.15, -0.1) is 0 Å². The molecule has 6 nitrogen and oxygen atoms in total. The molecule has 0 saturated carbocycles. The van der Waals surface area contributed by atoms with E-state index in [1.165, 1.54) is 13.4 Å². The molecule has 0 aliphatic carbocycles. The van der Waals surface area contributed by atoms with Crippen LogP contribution in [0.1, 0.15) is 32.0 Å². The summed E-state index contributed by atoms with van der Waals surface area (Å²) >= 11 is 0. The molecule has 2 heterocycles. The van der Waals surface area contributed by atoms with Crippen LogP contribution in [0.2, 0.25) is 0 Å². The number of ketones is 1. The van der Waals surface area contributed by atoms with Gasteiger partial charge in [0.25, 0.3) is 0 Å². The number of ether oxygens (including phenoxy) is 3. The van der Waals surface area contributed by atoms with Gasteiger partial charge in [-0.05, 0) is 42.0 Å². The van der Waals surface area contributed by atoms with Crippen LogP contribution in [0.25, 0.3) is 6.08 Å². The Morgan fingerprint density at radius 1 is 1.11 bits per heavy atom. The molecule has 0 N–H and O–H groups in total. The van der Waals surface area contributed by atoms with Crippen molar-refractivity contribution in [2.24, 2.45) is 0 Å². The van der Waals surface area contributed by atoms with Gasteiger partial charge in [0.1, 0.15) is 23.9 Å². The third-order valence-corrected chi connectivity index (χ3v) is 4.21. The molecule has 1 aromatic heterocycles. The predicted molar refractivity (Wildman–Crippen MR) is 100 cm³/mol. The molecule has 0 fully saturated rings. The molecule has 2 aromatic carbocycles. The minimum atomic E-state index is -0.401. The first-order valence-corrected chi connectivity index (χ1v) is 8.56. The Morgan fingerprint density at radius 2 is 2.00 bits per heavy atom. The lowest BCUT2D eigenvalue weighted by Gasteiger charge is -2.08. The normalized spacial score (nSPS) is 13.9. The number of rotatable bonds is 5.